The van der Waals surface area contributed by atoms with Crippen LogP contribution >= 0.6 is 0 Å². The lowest BCUT2D eigenvalue weighted by molar-refractivity contribution is 1.28. The van der Waals surface area contributed by atoms with Crippen LogP contribution in [0.3, 0.4) is 0 Å². The number of anilines is 3. The van der Waals surface area contributed by atoms with Gasteiger partial charge >= 0.3 is 0 Å². The van der Waals surface area contributed by atoms with Crippen LogP contribution in [0.25, 0.3) is 111 Å². The van der Waals surface area contributed by atoms with Gasteiger partial charge in [0.1, 0.15) is 0 Å². The lowest BCUT2D eigenvalue weighted by atomic mass is 9.84. The Labute approximate surface area is 439 Å². The van der Waals surface area contributed by atoms with Crippen LogP contribution in [0.1, 0.15) is 0 Å². The predicted molar refractivity (Wildman–Crippen MR) is 320 cm³/mol. The first-order chi connectivity index (χ1) is 37.2. The molecular formula is C74H51N. The third kappa shape index (κ3) is 8.88. The second kappa shape index (κ2) is 20.0. The Morgan fingerprint density at radius 2 is 0.453 bits per heavy atom. The van der Waals surface area contributed by atoms with E-state index in [9.17, 15) is 0 Å². The van der Waals surface area contributed by atoms with E-state index in [-0.39, 0.29) is 0 Å². The van der Waals surface area contributed by atoms with Crippen molar-refractivity contribution in [2.45, 2.75) is 0 Å². The van der Waals surface area contributed by atoms with E-state index in [2.05, 4.69) is 314 Å². The summed E-state index contributed by atoms with van der Waals surface area (Å²) >= 11 is 0. The summed E-state index contributed by atoms with van der Waals surface area (Å²) in [5.41, 5.74) is 22.5. The van der Waals surface area contributed by atoms with Crippen molar-refractivity contribution in [1.82, 2.24) is 0 Å². The molecule has 352 valence electrons. The Kier molecular flexibility index (Phi) is 12.0. The number of fused-ring (bicyclic) bond motifs is 3. The number of nitrogens with zero attached hydrogens (tertiary/aromatic N) is 1. The van der Waals surface area contributed by atoms with Crippen LogP contribution in [0.5, 0.6) is 0 Å². The van der Waals surface area contributed by atoms with Gasteiger partial charge in [0, 0.05) is 17.1 Å². The minimum atomic E-state index is 1.08. The van der Waals surface area contributed by atoms with Gasteiger partial charge in [0.2, 0.25) is 0 Å². The summed E-state index contributed by atoms with van der Waals surface area (Å²) < 4.78 is 0. The number of hydrogen-bond donors (Lipinski definition) is 0. The molecule has 0 unspecified atom stereocenters. The summed E-state index contributed by atoms with van der Waals surface area (Å²) in [6.07, 6.45) is 0. The Morgan fingerprint density at radius 1 is 0.160 bits per heavy atom. The lowest BCUT2D eigenvalue weighted by Gasteiger charge is -2.26. The molecule has 13 aromatic carbocycles. The molecule has 0 spiro atoms. The first-order valence-electron chi connectivity index (χ1n) is 25.8. The van der Waals surface area contributed by atoms with E-state index in [1.165, 1.54) is 99.4 Å². The first kappa shape index (κ1) is 45.1. The molecule has 0 N–H and O–H groups in total. The van der Waals surface area contributed by atoms with E-state index in [0.717, 1.165) is 28.2 Å². The maximum atomic E-state index is 2.41. The molecule has 75 heavy (non-hydrogen) atoms. The monoisotopic (exact) mass is 953 g/mol. The first-order valence-corrected chi connectivity index (χ1v) is 25.8. The molecule has 0 amide bonds. The van der Waals surface area contributed by atoms with Crippen LogP contribution in [-0.4, -0.2) is 0 Å². The summed E-state index contributed by atoms with van der Waals surface area (Å²) in [5.74, 6) is 0. The van der Waals surface area contributed by atoms with Gasteiger partial charge in [0.05, 0.1) is 0 Å². The second-order valence-electron chi connectivity index (χ2n) is 19.2. The summed E-state index contributed by atoms with van der Waals surface area (Å²) in [5, 5.41) is 5.00. The highest BCUT2D eigenvalue weighted by atomic mass is 15.1. The zero-order valence-corrected chi connectivity index (χ0v) is 41.4. The van der Waals surface area contributed by atoms with Gasteiger partial charge in [-0.05, 0) is 159 Å². The van der Waals surface area contributed by atoms with E-state index >= 15 is 0 Å². The minimum Gasteiger partial charge on any atom is -0.311 e. The topological polar surface area (TPSA) is 3.24 Å². The molecule has 0 fully saturated rings. The highest BCUT2D eigenvalue weighted by molar-refractivity contribution is 6.22. The molecule has 0 heterocycles. The van der Waals surface area contributed by atoms with Gasteiger partial charge in [0.15, 0.2) is 0 Å². The summed E-state index contributed by atoms with van der Waals surface area (Å²) in [6, 6.07) is 112. The molecule has 0 aliphatic rings. The number of benzene rings is 13. The highest BCUT2D eigenvalue weighted by Gasteiger charge is 2.20. The van der Waals surface area contributed by atoms with Crippen molar-refractivity contribution >= 4 is 38.6 Å². The third-order valence-corrected chi connectivity index (χ3v) is 14.7. The van der Waals surface area contributed by atoms with E-state index in [4.69, 9.17) is 0 Å². The van der Waals surface area contributed by atoms with Crippen molar-refractivity contribution in [3.8, 4) is 89.0 Å². The molecule has 13 rings (SSSR count). The van der Waals surface area contributed by atoms with Crippen molar-refractivity contribution in [2.24, 2.45) is 0 Å². The number of hydrogen-bond acceptors (Lipinski definition) is 1. The Morgan fingerprint density at radius 3 is 0.920 bits per heavy atom. The fraction of sp³-hybridized carbons (Fsp3) is 0. The van der Waals surface area contributed by atoms with Crippen LogP contribution in [0.2, 0.25) is 0 Å². The normalized spacial score (nSPS) is 11.2. The molecule has 13 aromatic rings. The van der Waals surface area contributed by atoms with Gasteiger partial charge < -0.3 is 4.90 Å². The van der Waals surface area contributed by atoms with Gasteiger partial charge in [-0.25, -0.2) is 0 Å². The maximum Gasteiger partial charge on any atom is 0.0462 e. The van der Waals surface area contributed by atoms with Gasteiger partial charge in [-0.3, -0.25) is 0 Å². The van der Waals surface area contributed by atoms with E-state index in [0.29, 0.717) is 0 Å². The molecule has 1 heteroatoms. The smallest absolute Gasteiger partial charge is 0.0462 e. The molecule has 0 aromatic heterocycles. The largest absolute Gasteiger partial charge is 0.311 e. The predicted octanol–water partition coefficient (Wildman–Crippen LogP) is 20.8. The quantitative estimate of drug-likeness (QED) is 0.117. The standard InChI is InChI=1S/C74H51N/c1-6-18-52(19-7-1)53-30-32-54(33-31-53)55-34-42-64(43-35-55)75(65-44-36-56(37-45-65)62-40-48-67(58-20-8-2-9-21-58)71(50-62)59-22-10-3-11-23-59)66-46-38-57(39-47-66)63-41-49-69-68-28-16-17-29-70(68)73(60-24-12-4-13-25-60)74(72(69)51-63)61-26-14-5-15-27-61/h1-51H. The van der Waals surface area contributed by atoms with Crippen LogP contribution in [0.4, 0.5) is 17.1 Å². The fourth-order valence-electron chi connectivity index (χ4n) is 11.0. The van der Waals surface area contributed by atoms with Crippen molar-refractivity contribution in [1.29, 1.82) is 0 Å². The minimum absolute atomic E-state index is 1.08. The van der Waals surface area contributed by atoms with Gasteiger partial charge in [-0.2, -0.15) is 0 Å². The van der Waals surface area contributed by atoms with Crippen molar-refractivity contribution in [3.63, 3.8) is 0 Å². The zero-order valence-electron chi connectivity index (χ0n) is 41.4. The van der Waals surface area contributed by atoms with Crippen LogP contribution < -0.4 is 4.90 Å². The highest BCUT2D eigenvalue weighted by Crippen LogP contribution is 2.46. The van der Waals surface area contributed by atoms with Crippen molar-refractivity contribution in [2.75, 3.05) is 4.90 Å². The van der Waals surface area contributed by atoms with E-state index < -0.39 is 0 Å². The van der Waals surface area contributed by atoms with Crippen LogP contribution in [0, 0.1) is 0 Å². The molecule has 0 atom stereocenters. The Balaban J connectivity index is 0.894. The SMILES string of the molecule is c1ccc(-c2ccc(-c3ccc(N(c4ccc(-c5ccc(-c6ccccc6)c(-c6ccccc6)c5)cc4)c4ccc(-c5ccc6c(c5)c(-c5ccccc5)c(-c5ccccc5)c5ccccc56)cc4)cc3)cc2)cc1. The Hall–Kier alpha value is -9.82. The average molecular weight is 954 g/mol. The second-order valence-corrected chi connectivity index (χ2v) is 19.2. The average Bonchev–Trinajstić information content (AvgIpc) is 3.50. The van der Waals surface area contributed by atoms with Crippen molar-refractivity contribution < 1.29 is 0 Å². The van der Waals surface area contributed by atoms with E-state index in [1.54, 1.807) is 0 Å². The van der Waals surface area contributed by atoms with Crippen molar-refractivity contribution in [3.05, 3.63) is 309 Å². The maximum absolute atomic E-state index is 2.41. The molecular weight excluding hydrogens is 903 g/mol. The molecule has 0 aliphatic heterocycles. The molecule has 0 aliphatic carbocycles. The Bertz CT molecular complexity index is 4080. The summed E-state index contributed by atoms with van der Waals surface area (Å²) in [7, 11) is 0. The van der Waals surface area contributed by atoms with E-state index in [1.807, 2.05) is 0 Å². The summed E-state index contributed by atoms with van der Waals surface area (Å²) in [4.78, 5) is 2.37. The fourth-order valence-corrected chi connectivity index (χ4v) is 11.0. The van der Waals surface area contributed by atoms with Crippen LogP contribution in [-0.2, 0) is 0 Å². The van der Waals surface area contributed by atoms with Gasteiger partial charge in [0.25, 0.3) is 0 Å². The van der Waals surface area contributed by atoms with Gasteiger partial charge in [-0.15, -0.1) is 0 Å². The zero-order chi connectivity index (χ0) is 49.9. The number of rotatable bonds is 11. The molecule has 0 bridgehead atoms. The molecule has 0 radical (unpaired) electrons. The molecule has 1 nitrogen and oxygen atoms in total. The molecule has 0 saturated heterocycles. The lowest BCUT2D eigenvalue weighted by Crippen LogP contribution is -2.09. The summed E-state index contributed by atoms with van der Waals surface area (Å²) in [6.45, 7) is 0. The molecule has 0 saturated carbocycles. The van der Waals surface area contributed by atoms with Crippen LogP contribution in [0.15, 0.2) is 309 Å². The van der Waals surface area contributed by atoms with Gasteiger partial charge in [-0.1, -0.05) is 261 Å². The third-order valence-electron chi connectivity index (χ3n) is 14.7.